The Balaban J connectivity index is 1.97. The second-order valence-electron chi connectivity index (χ2n) is 3.11. The molecule has 0 bridgehead atoms. The van der Waals surface area contributed by atoms with E-state index in [0.29, 0.717) is 12.5 Å². The van der Waals surface area contributed by atoms with Crippen LogP contribution in [-0.4, -0.2) is 26.3 Å². The Morgan fingerprint density at radius 1 is 1.58 bits per heavy atom. The number of hydrogen-bond acceptors (Lipinski definition) is 2. The van der Waals surface area contributed by atoms with Crippen LogP contribution in [0.4, 0.5) is 0 Å². The molecule has 0 saturated carbocycles. The Hall–Kier alpha value is -0.0500. The molecular formula is C9H16ClNO. The predicted molar refractivity (Wildman–Crippen MR) is 51.4 cm³/mol. The van der Waals surface area contributed by atoms with Crippen molar-refractivity contribution in [2.75, 3.05) is 26.3 Å². The van der Waals surface area contributed by atoms with Crippen LogP contribution in [0.3, 0.4) is 0 Å². The molecule has 3 heteroatoms. The summed E-state index contributed by atoms with van der Waals surface area (Å²) in [5.74, 6) is 0.697. The number of ether oxygens (including phenoxy) is 1. The molecule has 1 aliphatic heterocycles. The first-order chi connectivity index (χ1) is 5.93. The summed E-state index contributed by atoms with van der Waals surface area (Å²) in [7, 11) is 0. The summed E-state index contributed by atoms with van der Waals surface area (Å²) >= 11 is 5.35. The van der Waals surface area contributed by atoms with Crippen LogP contribution in [-0.2, 0) is 4.74 Å². The molecule has 0 aliphatic carbocycles. The zero-order valence-corrected chi connectivity index (χ0v) is 8.02. The van der Waals surface area contributed by atoms with E-state index in [0.717, 1.165) is 19.7 Å². The molecule has 0 aromatic carbocycles. The van der Waals surface area contributed by atoms with E-state index in [9.17, 15) is 0 Å². The van der Waals surface area contributed by atoms with Gasteiger partial charge in [-0.2, -0.15) is 0 Å². The summed E-state index contributed by atoms with van der Waals surface area (Å²) in [6.07, 6.45) is 4.38. The van der Waals surface area contributed by atoms with Crippen molar-refractivity contribution in [2.24, 2.45) is 5.92 Å². The van der Waals surface area contributed by atoms with Crippen molar-refractivity contribution in [3.63, 3.8) is 0 Å². The molecule has 1 atom stereocenters. The summed E-state index contributed by atoms with van der Waals surface area (Å²) in [6, 6.07) is 0. The first-order valence-corrected chi connectivity index (χ1v) is 4.91. The maximum absolute atomic E-state index is 5.40. The molecule has 1 aliphatic rings. The Morgan fingerprint density at radius 3 is 3.17 bits per heavy atom. The smallest absolute Gasteiger partial charge is 0.0659 e. The Morgan fingerprint density at radius 2 is 2.50 bits per heavy atom. The normalized spacial score (nSPS) is 24.9. The predicted octanol–water partition coefficient (Wildman–Crippen LogP) is 1.76. The molecule has 1 rings (SSSR count). The van der Waals surface area contributed by atoms with Crippen LogP contribution in [0.5, 0.6) is 0 Å². The average Bonchev–Trinajstić information content (AvgIpc) is 2.14. The number of piperidine rings is 1. The van der Waals surface area contributed by atoms with E-state index in [2.05, 4.69) is 5.32 Å². The first kappa shape index (κ1) is 10.0. The maximum atomic E-state index is 5.40. The number of rotatable bonds is 4. The lowest BCUT2D eigenvalue weighted by Crippen LogP contribution is -2.32. The van der Waals surface area contributed by atoms with Gasteiger partial charge in [-0.3, -0.25) is 0 Å². The Bertz CT molecular complexity index is 132. The molecule has 1 N–H and O–H groups in total. The SMILES string of the molecule is ClC=CCOCC1CCCNC1. The number of hydrogen-bond donors (Lipinski definition) is 1. The van der Waals surface area contributed by atoms with Crippen molar-refractivity contribution in [1.29, 1.82) is 0 Å². The van der Waals surface area contributed by atoms with Crippen LogP contribution in [0.25, 0.3) is 0 Å². The Kier molecular flexibility index (Phi) is 5.41. The average molecular weight is 190 g/mol. The van der Waals surface area contributed by atoms with Crippen molar-refractivity contribution >= 4 is 11.6 Å². The lowest BCUT2D eigenvalue weighted by atomic mass is 10.0. The number of halogens is 1. The summed E-state index contributed by atoms with van der Waals surface area (Å²) < 4.78 is 5.40. The highest BCUT2D eigenvalue weighted by atomic mass is 35.5. The highest BCUT2D eigenvalue weighted by Crippen LogP contribution is 2.09. The monoisotopic (exact) mass is 189 g/mol. The third-order valence-electron chi connectivity index (χ3n) is 2.06. The minimum Gasteiger partial charge on any atom is -0.377 e. The second-order valence-corrected chi connectivity index (χ2v) is 3.36. The molecule has 0 aromatic rings. The van der Waals surface area contributed by atoms with Crippen molar-refractivity contribution in [3.05, 3.63) is 11.6 Å². The van der Waals surface area contributed by atoms with Crippen molar-refractivity contribution in [1.82, 2.24) is 5.32 Å². The van der Waals surface area contributed by atoms with E-state index in [-0.39, 0.29) is 0 Å². The fourth-order valence-corrected chi connectivity index (χ4v) is 1.48. The fraction of sp³-hybridized carbons (Fsp3) is 0.778. The van der Waals surface area contributed by atoms with Crippen LogP contribution >= 0.6 is 11.6 Å². The standard InChI is InChI=1S/C9H16ClNO/c10-4-2-6-12-8-9-3-1-5-11-7-9/h2,4,9,11H,1,3,5-8H2. The van der Waals surface area contributed by atoms with Gasteiger partial charge in [-0.15, -0.1) is 0 Å². The molecule has 1 heterocycles. The molecule has 0 spiro atoms. The molecule has 1 saturated heterocycles. The molecule has 0 amide bonds. The third-order valence-corrected chi connectivity index (χ3v) is 2.23. The van der Waals surface area contributed by atoms with E-state index >= 15 is 0 Å². The van der Waals surface area contributed by atoms with Gasteiger partial charge in [0, 0.05) is 12.1 Å². The highest BCUT2D eigenvalue weighted by Gasteiger charge is 2.11. The van der Waals surface area contributed by atoms with E-state index in [4.69, 9.17) is 16.3 Å². The lowest BCUT2D eigenvalue weighted by molar-refractivity contribution is 0.111. The number of nitrogens with one attached hydrogen (secondary N) is 1. The van der Waals surface area contributed by atoms with Gasteiger partial charge in [0.2, 0.25) is 0 Å². The molecule has 12 heavy (non-hydrogen) atoms. The quantitative estimate of drug-likeness (QED) is 0.681. The van der Waals surface area contributed by atoms with Gasteiger partial charge in [0.25, 0.3) is 0 Å². The van der Waals surface area contributed by atoms with Crippen molar-refractivity contribution in [2.45, 2.75) is 12.8 Å². The van der Waals surface area contributed by atoms with Gasteiger partial charge in [0.05, 0.1) is 13.2 Å². The van der Waals surface area contributed by atoms with Crippen LogP contribution in [0.2, 0.25) is 0 Å². The van der Waals surface area contributed by atoms with E-state index < -0.39 is 0 Å². The summed E-state index contributed by atoms with van der Waals surface area (Å²) in [5.41, 5.74) is 1.50. The van der Waals surface area contributed by atoms with Crippen LogP contribution in [0, 0.1) is 5.92 Å². The van der Waals surface area contributed by atoms with E-state index in [1.807, 2.05) is 6.08 Å². The van der Waals surface area contributed by atoms with Gasteiger partial charge in [-0.25, -0.2) is 0 Å². The van der Waals surface area contributed by atoms with Gasteiger partial charge >= 0.3 is 0 Å². The molecule has 0 aromatic heterocycles. The first-order valence-electron chi connectivity index (χ1n) is 4.47. The van der Waals surface area contributed by atoms with Crippen molar-refractivity contribution in [3.8, 4) is 0 Å². The maximum Gasteiger partial charge on any atom is 0.0659 e. The van der Waals surface area contributed by atoms with Crippen LogP contribution in [0.1, 0.15) is 12.8 Å². The topological polar surface area (TPSA) is 21.3 Å². The second kappa shape index (κ2) is 6.46. The zero-order valence-electron chi connectivity index (χ0n) is 7.26. The molecule has 70 valence electrons. The highest BCUT2D eigenvalue weighted by molar-refractivity contribution is 6.25. The summed E-state index contributed by atoms with van der Waals surface area (Å²) in [6.45, 7) is 3.76. The van der Waals surface area contributed by atoms with Gasteiger partial charge in [-0.1, -0.05) is 11.6 Å². The minimum absolute atomic E-state index is 0.639. The van der Waals surface area contributed by atoms with Crippen molar-refractivity contribution < 1.29 is 4.74 Å². The molecule has 1 fully saturated rings. The third kappa shape index (κ3) is 4.10. The van der Waals surface area contributed by atoms with E-state index in [1.165, 1.54) is 18.4 Å². The van der Waals surface area contributed by atoms with Crippen LogP contribution in [0.15, 0.2) is 11.6 Å². The fourth-order valence-electron chi connectivity index (χ4n) is 1.41. The van der Waals surface area contributed by atoms with Gasteiger partial charge in [0.15, 0.2) is 0 Å². The molecule has 0 radical (unpaired) electrons. The van der Waals surface area contributed by atoms with Gasteiger partial charge in [0.1, 0.15) is 0 Å². The zero-order chi connectivity index (χ0) is 8.65. The minimum atomic E-state index is 0.639. The van der Waals surface area contributed by atoms with Gasteiger partial charge < -0.3 is 10.1 Å². The largest absolute Gasteiger partial charge is 0.377 e. The molecular weight excluding hydrogens is 174 g/mol. The van der Waals surface area contributed by atoms with Crippen LogP contribution < -0.4 is 5.32 Å². The van der Waals surface area contributed by atoms with E-state index in [1.54, 1.807) is 0 Å². The molecule has 2 nitrogen and oxygen atoms in total. The summed E-state index contributed by atoms with van der Waals surface area (Å²) in [4.78, 5) is 0. The van der Waals surface area contributed by atoms with Gasteiger partial charge in [-0.05, 0) is 31.4 Å². The lowest BCUT2D eigenvalue weighted by Gasteiger charge is -2.22. The summed E-state index contributed by atoms with van der Waals surface area (Å²) in [5, 5.41) is 3.35. The molecule has 1 unspecified atom stereocenters. The Labute approximate surface area is 78.9 Å².